The van der Waals surface area contributed by atoms with E-state index in [1.165, 1.54) is 4.90 Å². The molecule has 2 aromatic heterocycles. The molecule has 1 saturated heterocycles. The molecular weight excluding hydrogens is 382 g/mol. The molecule has 0 saturated carbocycles. The van der Waals surface area contributed by atoms with Gasteiger partial charge in [-0.3, -0.25) is 4.79 Å². The number of nitrogens with one attached hydrogen (secondary N) is 1. The van der Waals surface area contributed by atoms with Gasteiger partial charge in [0.2, 0.25) is 0 Å². The monoisotopic (exact) mass is 407 g/mol. The number of hydrogen-bond donors (Lipinski definition) is 2. The van der Waals surface area contributed by atoms with Crippen molar-refractivity contribution in [1.29, 1.82) is 0 Å². The minimum absolute atomic E-state index is 0.0209. The lowest BCUT2D eigenvalue weighted by atomic mass is 10.1. The van der Waals surface area contributed by atoms with E-state index in [0.717, 1.165) is 35.2 Å². The van der Waals surface area contributed by atoms with E-state index in [1.807, 2.05) is 47.2 Å². The molecule has 0 radical (unpaired) electrons. The number of carbonyl (C=O) groups is 2. The Hall–Kier alpha value is -3.55. The Kier molecular flexibility index (Phi) is 5.31. The van der Waals surface area contributed by atoms with Crippen LogP contribution in [0.5, 0.6) is 0 Å². The van der Waals surface area contributed by atoms with Crippen LogP contribution in [0.4, 0.5) is 10.5 Å². The molecule has 1 aliphatic rings. The SMILES string of the molecule is CN(C)C(=O)c1ccc2c(ccn2-c2ccc(NC3CCN(C(=O)O)CC3)cn2)c1. The highest BCUT2D eigenvalue weighted by Gasteiger charge is 2.22. The number of aromatic nitrogens is 2. The van der Waals surface area contributed by atoms with Gasteiger partial charge in [-0.25, -0.2) is 9.78 Å². The lowest BCUT2D eigenvalue weighted by molar-refractivity contribution is 0.0827. The molecule has 0 bridgehead atoms. The molecule has 30 heavy (non-hydrogen) atoms. The lowest BCUT2D eigenvalue weighted by Crippen LogP contribution is -2.41. The first kappa shape index (κ1) is 19.8. The summed E-state index contributed by atoms with van der Waals surface area (Å²) in [7, 11) is 3.49. The smallest absolute Gasteiger partial charge is 0.407 e. The van der Waals surface area contributed by atoms with Crippen molar-refractivity contribution < 1.29 is 14.7 Å². The Morgan fingerprint density at radius 1 is 1.13 bits per heavy atom. The standard InChI is InChI=1S/C22H25N5O3/c1-25(2)21(28)16-3-5-19-15(13-16)7-12-27(19)20-6-4-18(14-23-20)24-17-8-10-26(11-9-17)22(29)30/h3-7,12-14,17,24H,8-11H2,1-2H3,(H,29,30). The van der Waals surface area contributed by atoms with Crippen LogP contribution in [0.3, 0.4) is 0 Å². The predicted molar refractivity (Wildman–Crippen MR) is 115 cm³/mol. The maximum absolute atomic E-state index is 12.2. The van der Waals surface area contributed by atoms with Gasteiger partial charge in [-0.1, -0.05) is 0 Å². The third-order valence-electron chi connectivity index (χ3n) is 5.47. The van der Waals surface area contributed by atoms with E-state index in [4.69, 9.17) is 5.11 Å². The second-order valence-corrected chi connectivity index (χ2v) is 7.75. The van der Waals surface area contributed by atoms with E-state index >= 15 is 0 Å². The number of nitrogens with zero attached hydrogens (tertiary/aromatic N) is 4. The van der Waals surface area contributed by atoms with Crippen LogP contribution in [0.1, 0.15) is 23.2 Å². The molecule has 2 amide bonds. The van der Waals surface area contributed by atoms with E-state index in [1.54, 1.807) is 25.2 Å². The van der Waals surface area contributed by atoms with Crippen LogP contribution >= 0.6 is 0 Å². The first-order valence-electron chi connectivity index (χ1n) is 9.96. The van der Waals surface area contributed by atoms with Crippen molar-refractivity contribution in [2.45, 2.75) is 18.9 Å². The normalized spacial score (nSPS) is 14.7. The molecule has 1 aliphatic heterocycles. The molecule has 2 N–H and O–H groups in total. The average molecular weight is 407 g/mol. The summed E-state index contributed by atoms with van der Waals surface area (Å²) in [6, 6.07) is 11.8. The Balaban J connectivity index is 1.47. The van der Waals surface area contributed by atoms with Crippen molar-refractivity contribution in [2.75, 3.05) is 32.5 Å². The number of benzene rings is 1. The maximum Gasteiger partial charge on any atom is 0.407 e. The lowest BCUT2D eigenvalue weighted by Gasteiger charge is -2.30. The van der Waals surface area contributed by atoms with Crippen molar-refractivity contribution >= 4 is 28.6 Å². The number of amides is 2. The zero-order valence-electron chi connectivity index (χ0n) is 17.1. The number of carboxylic acid groups (broad SMARTS) is 1. The van der Waals surface area contributed by atoms with Crippen LogP contribution < -0.4 is 5.32 Å². The van der Waals surface area contributed by atoms with Crippen LogP contribution in [0.15, 0.2) is 48.8 Å². The van der Waals surface area contributed by atoms with Crippen LogP contribution in [0.25, 0.3) is 16.7 Å². The second-order valence-electron chi connectivity index (χ2n) is 7.75. The maximum atomic E-state index is 12.2. The Morgan fingerprint density at radius 2 is 1.90 bits per heavy atom. The summed E-state index contributed by atoms with van der Waals surface area (Å²) in [5, 5.41) is 13.5. The molecular formula is C22H25N5O3. The number of likely N-dealkylation sites (tertiary alicyclic amines) is 1. The molecule has 8 nitrogen and oxygen atoms in total. The number of carbonyl (C=O) groups excluding carboxylic acids is 1. The van der Waals surface area contributed by atoms with Gasteiger partial charge in [-0.05, 0) is 49.2 Å². The van der Waals surface area contributed by atoms with Crippen LogP contribution in [-0.4, -0.2) is 69.7 Å². The predicted octanol–water partition coefficient (Wildman–Crippen LogP) is 3.28. The largest absolute Gasteiger partial charge is 0.465 e. The van der Waals surface area contributed by atoms with Crippen LogP contribution in [-0.2, 0) is 0 Å². The Morgan fingerprint density at radius 3 is 2.53 bits per heavy atom. The summed E-state index contributed by atoms with van der Waals surface area (Å²) < 4.78 is 1.99. The van der Waals surface area contributed by atoms with Crippen molar-refractivity contribution in [3.05, 3.63) is 54.4 Å². The highest BCUT2D eigenvalue weighted by atomic mass is 16.4. The fraction of sp³-hybridized carbons (Fsp3) is 0.318. The van der Waals surface area contributed by atoms with E-state index in [0.29, 0.717) is 18.7 Å². The van der Waals surface area contributed by atoms with Gasteiger partial charge in [-0.2, -0.15) is 0 Å². The highest BCUT2D eigenvalue weighted by Crippen LogP contribution is 2.23. The summed E-state index contributed by atoms with van der Waals surface area (Å²) >= 11 is 0. The number of pyridine rings is 1. The van der Waals surface area contributed by atoms with Gasteiger partial charge in [0, 0.05) is 50.4 Å². The van der Waals surface area contributed by atoms with Crippen LogP contribution in [0, 0.1) is 0 Å². The Bertz CT molecular complexity index is 1070. The summed E-state index contributed by atoms with van der Waals surface area (Å²) in [6.07, 6.45) is 4.46. The fourth-order valence-corrected chi connectivity index (χ4v) is 3.80. The molecule has 0 unspecified atom stereocenters. The molecule has 8 heteroatoms. The van der Waals surface area contributed by atoms with Gasteiger partial charge < -0.3 is 24.8 Å². The summed E-state index contributed by atoms with van der Waals surface area (Å²) in [5.41, 5.74) is 2.56. The van der Waals surface area contributed by atoms with Crippen molar-refractivity contribution in [3.63, 3.8) is 0 Å². The zero-order chi connectivity index (χ0) is 21.3. The van der Waals surface area contributed by atoms with E-state index < -0.39 is 6.09 Å². The number of hydrogen-bond acceptors (Lipinski definition) is 4. The van der Waals surface area contributed by atoms with Gasteiger partial charge in [0.25, 0.3) is 5.91 Å². The van der Waals surface area contributed by atoms with E-state index in [2.05, 4.69) is 10.3 Å². The fourth-order valence-electron chi connectivity index (χ4n) is 3.80. The molecule has 1 fully saturated rings. The summed E-state index contributed by atoms with van der Waals surface area (Å²) in [6.45, 7) is 1.10. The van der Waals surface area contributed by atoms with Crippen molar-refractivity contribution in [1.82, 2.24) is 19.4 Å². The molecule has 0 aliphatic carbocycles. The molecule has 3 heterocycles. The number of rotatable bonds is 4. The van der Waals surface area contributed by atoms with Gasteiger partial charge in [-0.15, -0.1) is 0 Å². The first-order chi connectivity index (χ1) is 14.4. The second kappa shape index (κ2) is 8.06. The van der Waals surface area contributed by atoms with Gasteiger partial charge in [0.05, 0.1) is 17.4 Å². The van der Waals surface area contributed by atoms with E-state index in [-0.39, 0.29) is 11.9 Å². The molecule has 0 spiro atoms. The first-order valence-corrected chi connectivity index (χ1v) is 9.96. The minimum Gasteiger partial charge on any atom is -0.465 e. The van der Waals surface area contributed by atoms with E-state index in [9.17, 15) is 9.59 Å². The average Bonchev–Trinajstić information content (AvgIpc) is 3.17. The molecule has 0 atom stereocenters. The number of fused-ring (bicyclic) bond motifs is 1. The van der Waals surface area contributed by atoms with Crippen LogP contribution in [0.2, 0.25) is 0 Å². The minimum atomic E-state index is -0.850. The quantitative estimate of drug-likeness (QED) is 0.693. The molecule has 3 aromatic rings. The van der Waals surface area contributed by atoms with Gasteiger partial charge >= 0.3 is 6.09 Å². The van der Waals surface area contributed by atoms with Gasteiger partial charge in [0.15, 0.2) is 0 Å². The number of anilines is 1. The molecule has 4 rings (SSSR count). The summed E-state index contributed by atoms with van der Waals surface area (Å²) in [5.74, 6) is 0.773. The van der Waals surface area contributed by atoms with Crippen molar-refractivity contribution in [2.24, 2.45) is 0 Å². The third kappa shape index (κ3) is 3.94. The topological polar surface area (TPSA) is 90.7 Å². The van der Waals surface area contributed by atoms with Crippen molar-refractivity contribution in [3.8, 4) is 5.82 Å². The van der Waals surface area contributed by atoms with Gasteiger partial charge in [0.1, 0.15) is 5.82 Å². The zero-order valence-corrected chi connectivity index (χ0v) is 17.1. The summed E-state index contributed by atoms with van der Waals surface area (Å²) in [4.78, 5) is 30.8. The number of piperidine rings is 1. The molecule has 156 valence electrons. The molecule has 1 aromatic carbocycles. The Labute approximate surface area is 174 Å². The third-order valence-corrected chi connectivity index (χ3v) is 5.47. The highest BCUT2D eigenvalue weighted by molar-refractivity contribution is 5.98.